The van der Waals surface area contributed by atoms with Gasteiger partial charge >= 0.3 is 5.97 Å². The Balaban J connectivity index is 1.67. The molecule has 1 amide bonds. The van der Waals surface area contributed by atoms with Gasteiger partial charge in [-0.05, 0) is 51.2 Å². The van der Waals surface area contributed by atoms with Crippen LogP contribution in [0.5, 0.6) is 0 Å². The van der Waals surface area contributed by atoms with Crippen molar-refractivity contribution >= 4 is 17.7 Å². The molecular formula is C19H27N3O3. The molecular weight excluding hydrogens is 318 g/mol. The van der Waals surface area contributed by atoms with Gasteiger partial charge in [0.15, 0.2) is 0 Å². The van der Waals surface area contributed by atoms with E-state index < -0.39 is 0 Å². The maximum atomic E-state index is 13.0. The molecule has 0 unspecified atom stereocenters. The molecule has 3 rings (SSSR count). The van der Waals surface area contributed by atoms with E-state index in [4.69, 9.17) is 4.74 Å². The van der Waals surface area contributed by atoms with Crippen LogP contribution in [0.2, 0.25) is 0 Å². The first-order valence-electron chi connectivity index (χ1n) is 9.36. The third kappa shape index (κ3) is 4.11. The molecule has 0 aromatic carbocycles. The number of carbonyl (C=O) groups excluding carboxylic acids is 2. The lowest BCUT2D eigenvalue weighted by molar-refractivity contribution is -0.149. The average Bonchev–Trinajstić information content (AvgIpc) is 2.68. The standard InChI is InChI=1S/C19H27N3O3/c1-2-25-19(24)15-8-13-22(14-9-15)18(23)16-7-6-10-20-17(16)21-11-4-3-5-12-21/h6-7,10,15H,2-5,8-9,11-14H2,1H3. The van der Waals surface area contributed by atoms with Crippen LogP contribution in [0.25, 0.3) is 0 Å². The molecule has 6 nitrogen and oxygen atoms in total. The van der Waals surface area contributed by atoms with E-state index in [0.717, 1.165) is 31.7 Å². The molecule has 0 saturated carbocycles. The first-order chi connectivity index (χ1) is 12.2. The van der Waals surface area contributed by atoms with E-state index in [2.05, 4.69) is 9.88 Å². The van der Waals surface area contributed by atoms with Gasteiger partial charge < -0.3 is 14.5 Å². The van der Waals surface area contributed by atoms with Crippen molar-refractivity contribution in [1.82, 2.24) is 9.88 Å². The molecule has 0 atom stereocenters. The second-order valence-electron chi connectivity index (χ2n) is 6.74. The fourth-order valence-corrected chi connectivity index (χ4v) is 3.67. The molecule has 0 spiro atoms. The Labute approximate surface area is 149 Å². The predicted molar refractivity (Wildman–Crippen MR) is 95.6 cm³/mol. The topological polar surface area (TPSA) is 62.7 Å². The minimum absolute atomic E-state index is 0.0241. The van der Waals surface area contributed by atoms with Gasteiger partial charge in [-0.15, -0.1) is 0 Å². The van der Waals surface area contributed by atoms with Crippen molar-refractivity contribution in [3.05, 3.63) is 23.9 Å². The van der Waals surface area contributed by atoms with Crippen LogP contribution >= 0.6 is 0 Å². The van der Waals surface area contributed by atoms with Crippen molar-refractivity contribution in [3.63, 3.8) is 0 Å². The van der Waals surface area contributed by atoms with Gasteiger partial charge in [0.2, 0.25) is 0 Å². The number of amides is 1. The van der Waals surface area contributed by atoms with Crippen molar-refractivity contribution in [1.29, 1.82) is 0 Å². The number of hydrogen-bond acceptors (Lipinski definition) is 5. The second-order valence-corrected chi connectivity index (χ2v) is 6.74. The zero-order chi connectivity index (χ0) is 17.6. The molecule has 25 heavy (non-hydrogen) atoms. The van der Waals surface area contributed by atoms with Crippen LogP contribution in [0, 0.1) is 5.92 Å². The highest BCUT2D eigenvalue weighted by Crippen LogP contribution is 2.25. The van der Waals surface area contributed by atoms with Gasteiger partial charge in [-0.2, -0.15) is 0 Å². The van der Waals surface area contributed by atoms with Crippen LogP contribution in [0.15, 0.2) is 18.3 Å². The predicted octanol–water partition coefficient (Wildman–Crippen LogP) is 2.49. The number of ether oxygens (including phenoxy) is 1. The second kappa shape index (κ2) is 8.32. The van der Waals surface area contributed by atoms with Gasteiger partial charge in [-0.1, -0.05) is 0 Å². The Morgan fingerprint density at radius 2 is 1.88 bits per heavy atom. The van der Waals surface area contributed by atoms with E-state index in [1.165, 1.54) is 6.42 Å². The molecule has 6 heteroatoms. The number of aromatic nitrogens is 1. The van der Waals surface area contributed by atoms with Crippen molar-refractivity contribution < 1.29 is 14.3 Å². The van der Waals surface area contributed by atoms with Gasteiger partial charge in [0.1, 0.15) is 5.82 Å². The lowest BCUT2D eigenvalue weighted by Crippen LogP contribution is -2.41. The maximum Gasteiger partial charge on any atom is 0.309 e. The SMILES string of the molecule is CCOC(=O)C1CCN(C(=O)c2cccnc2N2CCCCC2)CC1. The van der Waals surface area contributed by atoms with Gasteiger partial charge in [0.05, 0.1) is 18.1 Å². The van der Waals surface area contributed by atoms with Gasteiger partial charge in [0, 0.05) is 32.4 Å². The molecule has 0 N–H and O–H groups in total. The molecule has 2 saturated heterocycles. The highest BCUT2D eigenvalue weighted by atomic mass is 16.5. The number of esters is 1. The summed E-state index contributed by atoms with van der Waals surface area (Å²) in [6, 6.07) is 3.70. The van der Waals surface area contributed by atoms with Crippen LogP contribution in [-0.4, -0.2) is 54.5 Å². The Hall–Kier alpha value is -2.11. The van der Waals surface area contributed by atoms with E-state index in [1.54, 1.807) is 6.20 Å². The summed E-state index contributed by atoms with van der Waals surface area (Å²) in [6.45, 7) is 5.34. The number of hydrogen-bond donors (Lipinski definition) is 0. The molecule has 1 aromatic rings. The van der Waals surface area contributed by atoms with E-state index in [-0.39, 0.29) is 17.8 Å². The minimum atomic E-state index is -0.134. The lowest BCUT2D eigenvalue weighted by atomic mass is 9.96. The van der Waals surface area contributed by atoms with Crippen LogP contribution in [0.1, 0.15) is 49.4 Å². The molecule has 3 heterocycles. The highest BCUT2D eigenvalue weighted by Gasteiger charge is 2.30. The number of rotatable bonds is 4. The molecule has 136 valence electrons. The van der Waals surface area contributed by atoms with Crippen LogP contribution in [-0.2, 0) is 9.53 Å². The molecule has 0 aliphatic carbocycles. The Morgan fingerprint density at radius 1 is 1.16 bits per heavy atom. The molecule has 0 radical (unpaired) electrons. The number of piperidine rings is 2. The van der Waals surface area contributed by atoms with E-state index >= 15 is 0 Å². The van der Waals surface area contributed by atoms with Gasteiger partial charge in [-0.25, -0.2) is 4.98 Å². The molecule has 1 aromatic heterocycles. The highest BCUT2D eigenvalue weighted by molar-refractivity contribution is 5.99. The number of carbonyl (C=O) groups is 2. The fraction of sp³-hybridized carbons (Fsp3) is 0.632. The number of anilines is 1. The Morgan fingerprint density at radius 3 is 2.56 bits per heavy atom. The smallest absolute Gasteiger partial charge is 0.309 e. The van der Waals surface area contributed by atoms with Crippen molar-refractivity contribution in [2.24, 2.45) is 5.92 Å². The van der Waals surface area contributed by atoms with Crippen molar-refractivity contribution in [3.8, 4) is 0 Å². The summed E-state index contributed by atoms with van der Waals surface area (Å²) in [5.41, 5.74) is 0.680. The number of likely N-dealkylation sites (tertiary alicyclic amines) is 1. The van der Waals surface area contributed by atoms with E-state index in [0.29, 0.717) is 38.1 Å². The normalized spacial score (nSPS) is 18.9. The van der Waals surface area contributed by atoms with E-state index in [1.807, 2.05) is 24.0 Å². The molecule has 2 aliphatic heterocycles. The van der Waals surface area contributed by atoms with Crippen LogP contribution in [0.4, 0.5) is 5.82 Å². The Kier molecular flexibility index (Phi) is 5.89. The van der Waals surface area contributed by atoms with Gasteiger partial charge in [0.25, 0.3) is 5.91 Å². The first-order valence-corrected chi connectivity index (χ1v) is 9.36. The molecule has 0 bridgehead atoms. The number of pyridine rings is 1. The summed E-state index contributed by atoms with van der Waals surface area (Å²) in [5.74, 6) is 0.611. The number of nitrogens with zero attached hydrogens (tertiary/aromatic N) is 3. The zero-order valence-corrected chi connectivity index (χ0v) is 14.9. The summed E-state index contributed by atoms with van der Waals surface area (Å²) < 4.78 is 5.10. The summed E-state index contributed by atoms with van der Waals surface area (Å²) in [5, 5.41) is 0. The fourth-order valence-electron chi connectivity index (χ4n) is 3.67. The minimum Gasteiger partial charge on any atom is -0.466 e. The third-order valence-corrected chi connectivity index (χ3v) is 5.07. The third-order valence-electron chi connectivity index (χ3n) is 5.07. The Bertz CT molecular complexity index is 606. The summed E-state index contributed by atoms with van der Waals surface area (Å²) >= 11 is 0. The first kappa shape index (κ1) is 17.7. The van der Waals surface area contributed by atoms with Crippen LogP contribution in [0.3, 0.4) is 0 Å². The van der Waals surface area contributed by atoms with Gasteiger partial charge in [-0.3, -0.25) is 9.59 Å². The average molecular weight is 345 g/mol. The van der Waals surface area contributed by atoms with E-state index in [9.17, 15) is 9.59 Å². The largest absolute Gasteiger partial charge is 0.466 e. The summed E-state index contributed by atoms with van der Waals surface area (Å²) in [7, 11) is 0. The molecule has 2 aliphatic rings. The quantitative estimate of drug-likeness (QED) is 0.785. The van der Waals surface area contributed by atoms with Crippen molar-refractivity contribution in [2.75, 3.05) is 37.7 Å². The monoisotopic (exact) mass is 345 g/mol. The summed E-state index contributed by atoms with van der Waals surface area (Å²) in [6.07, 6.45) is 6.64. The molecule has 2 fully saturated rings. The lowest BCUT2D eigenvalue weighted by Gasteiger charge is -2.33. The van der Waals surface area contributed by atoms with Crippen LogP contribution < -0.4 is 4.90 Å². The summed E-state index contributed by atoms with van der Waals surface area (Å²) in [4.78, 5) is 33.4. The zero-order valence-electron chi connectivity index (χ0n) is 14.9. The van der Waals surface area contributed by atoms with Crippen molar-refractivity contribution in [2.45, 2.75) is 39.0 Å². The maximum absolute atomic E-state index is 13.0.